The van der Waals surface area contributed by atoms with Crippen molar-refractivity contribution in [2.24, 2.45) is 11.8 Å². The number of ether oxygens (including phenoxy) is 1. The molecule has 3 fully saturated rings. The Kier molecular flexibility index (Phi) is 7.70. The van der Waals surface area contributed by atoms with Gasteiger partial charge in [-0.25, -0.2) is 0 Å². The van der Waals surface area contributed by atoms with Gasteiger partial charge in [-0.2, -0.15) is 0 Å². The minimum absolute atomic E-state index is 0.0123. The number of benzene rings is 1. The molecule has 3 unspecified atom stereocenters. The average molecular weight is 583 g/mol. The Hall–Kier alpha value is -1.78. The van der Waals surface area contributed by atoms with Crippen LogP contribution in [0.1, 0.15) is 47.5 Å². The first-order valence-electron chi connectivity index (χ1n) is 12.6. The smallest absolute Gasteiger partial charge is 0.244 e. The number of aliphatic hydroxyl groups is 1. The molecule has 4 rings (SSSR count). The first-order chi connectivity index (χ1) is 17.0. The van der Waals surface area contributed by atoms with Crippen LogP contribution in [0.5, 0.6) is 5.75 Å². The summed E-state index contributed by atoms with van der Waals surface area (Å²) in [4.78, 5) is 43.0. The van der Waals surface area contributed by atoms with E-state index in [-0.39, 0.29) is 34.4 Å². The Morgan fingerprint density at radius 3 is 2.47 bits per heavy atom. The van der Waals surface area contributed by atoms with E-state index in [1.165, 1.54) is 0 Å². The topological polar surface area (TPSA) is 108 Å². The third-order valence-electron chi connectivity index (χ3n) is 7.28. The maximum atomic E-state index is 14.0. The van der Waals surface area contributed by atoms with Crippen LogP contribution in [0.2, 0.25) is 0 Å². The third kappa shape index (κ3) is 4.65. The molecule has 2 bridgehead atoms. The van der Waals surface area contributed by atoms with E-state index >= 15 is 0 Å². The molecular formula is C26H36BrN3O5S. The second-order valence-electron chi connectivity index (χ2n) is 10.8. The first kappa shape index (κ1) is 27.3. The van der Waals surface area contributed by atoms with Gasteiger partial charge in [-0.1, -0.05) is 22.9 Å². The van der Waals surface area contributed by atoms with E-state index in [1.54, 1.807) is 40.9 Å². The van der Waals surface area contributed by atoms with Gasteiger partial charge >= 0.3 is 0 Å². The van der Waals surface area contributed by atoms with Crippen LogP contribution >= 0.6 is 27.7 Å². The van der Waals surface area contributed by atoms with Crippen LogP contribution < -0.4 is 15.4 Å². The molecule has 3 heterocycles. The molecule has 0 saturated carbocycles. The SMILES string of the molecule is CCOc1ccc(NC(=O)[C@H]2[C@@H]3SC4(CC3Br)C(C(=O)NC(C)(C)C)N([C@@H](CC)CO)C(=O)[C@H]24)cc1. The quantitative estimate of drug-likeness (QED) is 0.407. The highest BCUT2D eigenvalue weighted by Crippen LogP contribution is 2.68. The standard InChI is InChI=1S/C26H36BrN3O5S/c1-6-15(13-31)30-21(23(33)29-25(3,4)5)26-12-17(27)20(36-26)18(19(26)24(30)34)22(32)28-14-8-10-16(11-9-14)35-7-2/h8-11,15,17-21,31H,6-7,12-13H2,1-5H3,(H,28,32)(H,29,33)/t15-,17?,18+,19-,20+,21?,26?/m0/s1. The number of anilines is 1. The number of halogens is 1. The molecule has 36 heavy (non-hydrogen) atoms. The molecule has 3 amide bonds. The fourth-order valence-electron chi connectivity index (χ4n) is 5.94. The molecule has 3 aliphatic heterocycles. The van der Waals surface area contributed by atoms with Crippen molar-refractivity contribution in [2.45, 2.75) is 79.9 Å². The minimum Gasteiger partial charge on any atom is -0.494 e. The molecule has 1 aromatic carbocycles. The molecule has 1 spiro atoms. The summed E-state index contributed by atoms with van der Waals surface area (Å²) in [6, 6.07) is 5.91. The van der Waals surface area contributed by atoms with Crippen molar-refractivity contribution in [1.29, 1.82) is 0 Å². The van der Waals surface area contributed by atoms with Gasteiger partial charge in [0.2, 0.25) is 17.7 Å². The van der Waals surface area contributed by atoms with Gasteiger partial charge in [-0.05, 0) is 64.8 Å². The number of aliphatic hydroxyl groups excluding tert-OH is 1. The summed E-state index contributed by atoms with van der Waals surface area (Å²) < 4.78 is 4.74. The average Bonchev–Trinajstić information content (AvgIpc) is 3.39. The van der Waals surface area contributed by atoms with E-state index < -0.39 is 34.2 Å². The van der Waals surface area contributed by atoms with Gasteiger partial charge in [0.05, 0.1) is 35.8 Å². The highest BCUT2D eigenvalue weighted by atomic mass is 79.9. The largest absolute Gasteiger partial charge is 0.494 e. The Bertz CT molecular complexity index is 1010. The maximum absolute atomic E-state index is 14.0. The zero-order chi connectivity index (χ0) is 26.4. The predicted molar refractivity (Wildman–Crippen MR) is 144 cm³/mol. The lowest BCUT2D eigenvalue weighted by atomic mass is 9.70. The van der Waals surface area contributed by atoms with Crippen LogP contribution in [0, 0.1) is 11.8 Å². The van der Waals surface area contributed by atoms with E-state index in [9.17, 15) is 19.5 Å². The van der Waals surface area contributed by atoms with E-state index in [0.717, 1.165) is 5.75 Å². The Labute approximate surface area is 225 Å². The molecule has 1 aromatic rings. The minimum atomic E-state index is -0.760. The highest BCUT2D eigenvalue weighted by molar-refractivity contribution is 9.09. The third-order valence-corrected chi connectivity index (χ3v) is 10.5. The number of amides is 3. The van der Waals surface area contributed by atoms with E-state index in [1.807, 2.05) is 34.6 Å². The van der Waals surface area contributed by atoms with Crippen molar-refractivity contribution in [3.05, 3.63) is 24.3 Å². The van der Waals surface area contributed by atoms with Crippen LogP contribution in [-0.4, -0.2) is 73.4 Å². The number of carbonyl (C=O) groups is 3. The number of hydrogen-bond acceptors (Lipinski definition) is 6. The lowest BCUT2D eigenvalue weighted by molar-refractivity contribution is -0.142. The van der Waals surface area contributed by atoms with Crippen molar-refractivity contribution in [2.75, 3.05) is 18.5 Å². The molecule has 3 aliphatic rings. The highest BCUT2D eigenvalue weighted by Gasteiger charge is 2.76. The maximum Gasteiger partial charge on any atom is 0.244 e. The summed E-state index contributed by atoms with van der Waals surface area (Å²) in [6.07, 6.45) is 1.12. The summed E-state index contributed by atoms with van der Waals surface area (Å²) in [5.41, 5.74) is 0.142. The lowest BCUT2D eigenvalue weighted by Crippen LogP contribution is -2.59. The van der Waals surface area contributed by atoms with Gasteiger partial charge in [0.25, 0.3) is 0 Å². The zero-order valence-electron chi connectivity index (χ0n) is 21.4. The number of carbonyl (C=O) groups excluding carboxylic acids is 3. The number of thioether (sulfide) groups is 1. The number of hydrogen-bond donors (Lipinski definition) is 3. The molecule has 0 radical (unpaired) electrons. The van der Waals surface area contributed by atoms with Crippen LogP contribution in [0.15, 0.2) is 24.3 Å². The molecule has 10 heteroatoms. The molecular weight excluding hydrogens is 546 g/mol. The van der Waals surface area contributed by atoms with Gasteiger partial charge < -0.3 is 25.4 Å². The number of likely N-dealkylation sites (tertiary alicyclic amines) is 1. The number of rotatable bonds is 8. The molecule has 7 atom stereocenters. The van der Waals surface area contributed by atoms with Crippen molar-refractivity contribution < 1.29 is 24.2 Å². The molecule has 0 aromatic heterocycles. The van der Waals surface area contributed by atoms with Crippen molar-refractivity contribution in [3.63, 3.8) is 0 Å². The second-order valence-corrected chi connectivity index (χ2v) is 13.6. The number of fused-ring (bicyclic) bond motifs is 1. The summed E-state index contributed by atoms with van der Waals surface area (Å²) >= 11 is 5.36. The van der Waals surface area contributed by atoms with E-state index in [0.29, 0.717) is 25.1 Å². The fraction of sp³-hybridized carbons (Fsp3) is 0.654. The van der Waals surface area contributed by atoms with Crippen molar-refractivity contribution in [3.8, 4) is 5.75 Å². The summed E-state index contributed by atoms with van der Waals surface area (Å²) in [6.45, 7) is 9.84. The summed E-state index contributed by atoms with van der Waals surface area (Å²) in [5, 5.41) is 16.0. The summed E-state index contributed by atoms with van der Waals surface area (Å²) in [5.74, 6) is -1.19. The Morgan fingerprint density at radius 2 is 1.92 bits per heavy atom. The van der Waals surface area contributed by atoms with Gasteiger partial charge in [-0.3, -0.25) is 14.4 Å². The Morgan fingerprint density at radius 1 is 1.25 bits per heavy atom. The normalized spacial score (nSPS) is 31.8. The lowest BCUT2D eigenvalue weighted by Gasteiger charge is -2.38. The van der Waals surface area contributed by atoms with Gasteiger partial charge in [0.1, 0.15) is 11.8 Å². The van der Waals surface area contributed by atoms with Crippen molar-refractivity contribution >= 4 is 51.1 Å². The first-order valence-corrected chi connectivity index (χ1v) is 14.4. The van der Waals surface area contributed by atoms with Crippen molar-refractivity contribution in [1.82, 2.24) is 10.2 Å². The number of nitrogens with zero attached hydrogens (tertiary/aromatic N) is 1. The molecule has 0 aliphatic carbocycles. The molecule has 198 valence electrons. The second kappa shape index (κ2) is 10.2. The molecule has 8 nitrogen and oxygen atoms in total. The van der Waals surface area contributed by atoms with Gasteiger partial charge in [-0.15, -0.1) is 11.8 Å². The number of alkyl halides is 1. The Balaban J connectivity index is 1.68. The van der Waals surface area contributed by atoms with Gasteiger partial charge in [0.15, 0.2) is 0 Å². The monoisotopic (exact) mass is 581 g/mol. The zero-order valence-corrected chi connectivity index (χ0v) is 23.8. The summed E-state index contributed by atoms with van der Waals surface area (Å²) in [7, 11) is 0. The molecule has 3 N–H and O–H groups in total. The number of nitrogens with one attached hydrogen (secondary N) is 2. The van der Waals surface area contributed by atoms with Crippen LogP contribution in [-0.2, 0) is 14.4 Å². The van der Waals surface area contributed by atoms with Gasteiger partial charge in [0, 0.05) is 21.3 Å². The van der Waals surface area contributed by atoms with E-state index in [4.69, 9.17) is 4.74 Å². The molecule has 3 saturated heterocycles. The predicted octanol–water partition coefficient (Wildman–Crippen LogP) is 3.17. The van der Waals surface area contributed by atoms with Crippen LogP contribution in [0.25, 0.3) is 0 Å². The van der Waals surface area contributed by atoms with Crippen LogP contribution in [0.4, 0.5) is 5.69 Å². The van der Waals surface area contributed by atoms with Crippen LogP contribution in [0.3, 0.4) is 0 Å². The van der Waals surface area contributed by atoms with E-state index in [2.05, 4.69) is 26.6 Å². The fourth-order valence-corrected chi connectivity index (χ4v) is 9.54.